The zero-order valence-corrected chi connectivity index (χ0v) is 15.7. The fourth-order valence-corrected chi connectivity index (χ4v) is 3.42. The number of hydrogen-bond acceptors (Lipinski definition) is 5. The lowest BCUT2D eigenvalue weighted by Gasteiger charge is -2.31. The monoisotopic (exact) mass is 353 g/mol. The molecule has 2 rings (SSSR count). The average Bonchev–Trinajstić information content (AvgIpc) is 2.74. The Labute approximate surface area is 147 Å². The van der Waals surface area contributed by atoms with Crippen LogP contribution in [0.4, 0.5) is 4.79 Å². The fraction of sp³-hybridized carbons (Fsp3) is 0.706. The summed E-state index contributed by atoms with van der Waals surface area (Å²) in [6.07, 6.45) is 3.14. The lowest BCUT2D eigenvalue weighted by molar-refractivity contribution is -0.126. The predicted octanol–water partition coefficient (Wildman–Crippen LogP) is 3.25. The number of nitrogens with one attached hydrogen (secondary N) is 1. The first kappa shape index (κ1) is 18.7. The molecule has 0 aliphatic carbocycles. The zero-order chi connectivity index (χ0) is 17.7. The summed E-state index contributed by atoms with van der Waals surface area (Å²) < 4.78 is 5.48. The van der Waals surface area contributed by atoms with Crippen LogP contribution in [0.15, 0.2) is 5.51 Å². The summed E-state index contributed by atoms with van der Waals surface area (Å²) >= 11 is 1.53. The van der Waals surface area contributed by atoms with Crippen molar-refractivity contribution in [1.82, 2.24) is 15.2 Å². The second-order valence-corrected chi connectivity index (χ2v) is 8.06. The van der Waals surface area contributed by atoms with E-state index in [4.69, 9.17) is 4.74 Å². The summed E-state index contributed by atoms with van der Waals surface area (Å²) in [6.45, 7) is 8.45. The van der Waals surface area contributed by atoms with E-state index in [2.05, 4.69) is 10.3 Å². The molecule has 1 fully saturated rings. The fourth-order valence-electron chi connectivity index (χ4n) is 2.70. The van der Waals surface area contributed by atoms with Crippen molar-refractivity contribution in [2.45, 2.75) is 71.6 Å². The van der Waals surface area contributed by atoms with E-state index in [1.807, 2.05) is 27.7 Å². The number of carbonyl (C=O) groups excluding carboxylic acids is 2. The SMILES string of the molecule is Cc1ncsc1CNC(=O)[C@@H]1CCCCCN1C(=O)OC(C)(C)C. The van der Waals surface area contributed by atoms with Crippen LogP contribution in [0.2, 0.25) is 0 Å². The molecule has 1 aromatic rings. The van der Waals surface area contributed by atoms with Crippen LogP contribution in [-0.2, 0) is 16.1 Å². The number of nitrogens with zero attached hydrogens (tertiary/aromatic N) is 2. The van der Waals surface area contributed by atoms with Crippen LogP contribution in [0.5, 0.6) is 0 Å². The van der Waals surface area contributed by atoms with Crippen molar-refractivity contribution in [2.24, 2.45) is 0 Å². The molecule has 1 atom stereocenters. The molecule has 7 heteroatoms. The molecule has 0 aromatic carbocycles. The molecule has 0 spiro atoms. The van der Waals surface area contributed by atoms with Crippen LogP contribution in [0.3, 0.4) is 0 Å². The number of rotatable bonds is 3. The Balaban J connectivity index is 2.03. The minimum Gasteiger partial charge on any atom is -0.444 e. The molecule has 1 aliphatic rings. The summed E-state index contributed by atoms with van der Waals surface area (Å²) in [5.74, 6) is -0.115. The van der Waals surface area contributed by atoms with E-state index in [1.165, 1.54) is 11.3 Å². The van der Waals surface area contributed by atoms with Gasteiger partial charge < -0.3 is 10.1 Å². The number of aromatic nitrogens is 1. The summed E-state index contributed by atoms with van der Waals surface area (Å²) in [6, 6.07) is -0.462. The maximum atomic E-state index is 12.7. The van der Waals surface area contributed by atoms with Crippen LogP contribution < -0.4 is 5.32 Å². The van der Waals surface area contributed by atoms with Gasteiger partial charge in [-0.1, -0.05) is 12.8 Å². The van der Waals surface area contributed by atoms with E-state index in [1.54, 1.807) is 10.4 Å². The Morgan fingerprint density at radius 3 is 2.75 bits per heavy atom. The molecule has 0 bridgehead atoms. The van der Waals surface area contributed by atoms with Crippen molar-refractivity contribution < 1.29 is 14.3 Å². The first-order valence-corrected chi connectivity index (χ1v) is 9.32. The van der Waals surface area contributed by atoms with Gasteiger partial charge in [-0.05, 0) is 40.5 Å². The average molecular weight is 353 g/mol. The van der Waals surface area contributed by atoms with Crippen LogP contribution in [0.25, 0.3) is 0 Å². The van der Waals surface area contributed by atoms with Crippen molar-refractivity contribution in [3.8, 4) is 0 Å². The second-order valence-electron chi connectivity index (χ2n) is 7.12. The molecular formula is C17H27N3O3S. The van der Waals surface area contributed by atoms with Gasteiger partial charge in [-0.15, -0.1) is 11.3 Å². The molecule has 1 aliphatic heterocycles. The first-order chi connectivity index (χ1) is 11.3. The normalized spacial score (nSPS) is 18.8. The van der Waals surface area contributed by atoms with Gasteiger partial charge in [0.15, 0.2) is 0 Å². The molecule has 2 heterocycles. The number of ether oxygens (including phenoxy) is 1. The van der Waals surface area contributed by atoms with E-state index >= 15 is 0 Å². The standard InChI is InChI=1S/C17H27N3O3S/c1-12-14(24-11-19-12)10-18-15(21)13-8-6-5-7-9-20(13)16(22)23-17(2,3)4/h11,13H,5-10H2,1-4H3,(H,18,21)/t13-/m0/s1. The molecule has 1 N–H and O–H groups in total. The Morgan fingerprint density at radius 2 is 2.12 bits per heavy atom. The molecule has 1 saturated heterocycles. The summed E-state index contributed by atoms with van der Waals surface area (Å²) in [5.41, 5.74) is 2.14. The van der Waals surface area contributed by atoms with Crippen molar-refractivity contribution in [3.05, 3.63) is 16.1 Å². The van der Waals surface area contributed by atoms with Gasteiger partial charge in [0.2, 0.25) is 5.91 Å². The van der Waals surface area contributed by atoms with Gasteiger partial charge in [0.1, 0.15) is 11.6 Å². The highest BCUT2D eigenvalue weighted by molar-refractivity contribution is 7.09. The molecule has 1 aromatic heterocycles. The number of hydrogen-bond donors (Lipinski definition) is 1. The molecule has 6 nitrogen and oxygen atoms in total. The van der Waals surface area contributed by atoms with Gasteiger partial charge >= 0.3 is 6.09 Å². The summed E-state index contributed by atoms with van der Waals surface area (Å²) in [5, 5.41) is 2.95. The Bertz CT molecular complexity index is 580. The van der Waals surface area contributed by atoms with Gasteiger partial charge in [0.05, 0.1) is 17.7 Å². The zero-order valence-electron chi connectivity index (χ0n) is 14.9. The van der Waals surface area contributed by atoms with Gasteiger partial charge in [-0.2, -0.15) is 0 Å². The molecular weight excluding hydrogens is 326 g/mol. The number of amides is 2. The molecule has 134 valence electrons. The molecule has 0 saturated carbocycles. The highest BCUT2D eigenvalue weighted by atomic mass is 32.1. The van der Waals surface area contributed by atoms with Crippen LogP contribution >= 0.6 is 11.3 Å². The van der Waals surface area contributed by atoms with E-state index in [0.29, 0.717) is 19.5 Å². The summed E-state index contributed by atoms with van der Waals surface area (Å²) in [4.78, 5) is 32.0. The minimum atomic E-state index is -0.565. The third-order valence-electron chi connectivity index (χ3n) is 3.95. The lowest BCUT2D eigenvalue weighted by Crippen LogP contribution is -2.50. The first-order valence-electron chi connectivity index (χ1n) is 8.44. The van der Waals surface area contributed by atoms with Crippen LogP contribution in [0.1, 0.15) is 57.0 Å². The van der Waals surface area contributed by atoms with Crippen molar-refractivity contribution in [1.29, 1.82) is 0 Å². The van der Waals surface area contributed by atoms with Gasteiger partial charge in [-0.3, -0.25) is 9.69 Å². The maximum Gasteiger partial charge on any atom is 0.410 e. The minimum absolute atomic E-state index is 0.115. The Hall–Kier alpha value is -1.63. The number of aryl methyl sites for hydroxylation is 1. The maximum absolute atomic E-state index is 12.7. The van der Waals surface area contributed by atoms with Gasteiger partial charge in [0, 0.05) is 11.4 Å². The Morgan fingerprint density at radius 1 is 1.38 bits per heavy atom. The Kier molecular flexibility index (Phi) is 6.21. The smallest absolute Gasteiger partial charge is 0.410 e. The number of likely N-dealkylation sites (tertiary alicyclic amines) is 1. The van der Waals surface area contributed by atoms with Crippen LogP contribution in [0, 0.1) is 6.92 Å². The topological polar surface area (TPSA) is 71.5 Å². The van der Waals surface area contributed by atoms with Crippen LogP contribution in [-0.4, -0.2) is 40.1 Å². The highest BCUT2D eigenvalue weighted by Gasteiger charge is 2.33. The van der Waals surface area contributed by atoms with E-state index in [0.717, 1.165) is 29.8 Å². The lowest BCUT2D eigenvalue weighted by atomic mass is 10.1. The van der Waals surface area contributed by atoms with E-state index < -0.39 is 17.7 Å². The summed E-state index contributed by atoms with van der Waals surface area (Å²) in [7, 11) is 0. The number of thiazole rings is 1. The molecule has 0 unspecified atom stereocenters. The van der Waals surface area contributed by atoms with E-state index in [-0.39, 0.29) is 5.91 Å². The molecule has 0 radical (unpaired) electrons. The van der Waals surface area contributed by atoms with Crippen molar-refractivity contribution in [3.63, 3.8) is 0 Å². The third-order valence-corrected chi connectivity index (χ3v) is 4.89. The van der Waals surface area contributed by atoms with Crippen molar-refractivity contribution >= 4 is 23.3 Å². The number of carbonyl (C=O) groups is 2. The second kappa shape index (κ2) is 7.96. The largest absolute Gasteiger partial charge is 0.444 e. The van der Waals surface area contributed by atoms with Gasteiger partial charge in [0.25, 0.3) is 0 Å². The van der Waals surface area contributed by atoms with Gasteiger partial charge in [-0.25, -0.2) is 9.78 Å². The predicted molar refractivity (Wildman–Crippen MR) is 93.9 cm³/mol. The van der Waals surface area contributed by atoms with E-state index in [9.17, 15) is 9.59 Å². The third kappa shape index (κ3) is 5.19. The molecule has 2 amide bonds. The highest BCUT2D eigenvalue weighted by Crippen LogP contribution is 2.21. The molecule has 24 heavy (non-hydrogen) atoms. The van der Waals surface area contributed by atoms with Crippen molar-refractivity contribution in [2.75, 3.05) is 6.54 Å². The quantitative estimate of drug-likeness (QED) is 0.905.